The van der Waals surface area contributed by atoms with Gasteiger partial charge in [0.1, 0.15) is 29.2 Å². The molecule has 0 amide bonds. The molecule has 5 rings (SSSR count). The van der Waals surface area contributed by atoms with Crippen LogP contribution in [0, 0.1) is 24.1 Å². The number of nitrogen functional groups attached to an aromatic ring is 1. The topological polar surface area (TPSA) is 142 Å². The number of anilines is 1. The van der Waals surface area contributed by atoms with E-state index >= 15 is 0 Å². The van der Waals surface area contributed by atoms with Crippen molar-refractivity contribution in [3.05, 3.63) is 65.5 Å². The van der Waals surface area contributed by atoms with Crippen LogP contribution in [0.2, 0.25) is 0 Å². The maximum Gasteiger partial charge on any atom is 0.351 e. The summed E-state index contributed by atoms with van der Waals surface area (Å²) >= 11 is 0. The highest BCUT2D eigenvalue weighted by atomic mass is 32.2. The van der Waals surface area contributed by atoms with Crippen molar-refractivity contribution < 1.29 is 17.5 Å². The zero-order valence-corrected chi connectivity index (χ0v) is 18.2. The smallest absolute Gasteiger partial charge is 0.351 e. The van der Waals surface area contributed by atoms with Gasteiger partial charge in [-0.1, -0.05) is 0 Å². The van der Waals surface area contributed by atoms with E-state index in [2.05, 4.69) is 15.1 Å². The number of hydrogen-bond donors (Lipinski definition) is 1. The van der Waals surface area contributed by atoms with Gasteiger partial charge in [0.05, 0.1) is 5.69 Å². The van der Waals surface area contributed by atoms with E-state index in [0.29, 0.717) is 11.1 Å². The highest BCUT2D eigenvalue weighted by Crippen LogP contribution is 2.37. The standard InChI is InChI=1S/C21H16FN7O3S/c1-11-17(9-23)19-13-7-18(20(24)26-10-13)32-12(2)16-8-14(22)3-4-15(16)21-25-5-6-28(21)33(30,31)29(19)27-11/h3-8,10,12H,1-2H3,(H2,24,26)/t12-/m1/s1. The van der Waals surface area contributed by atoms with Crippen molar-refractivity contribution in [1.29, 1.82) is 5.26 Å². The predicted octanol–water partition coefficient (Wildman–Crippen LogP) is 2.80. The quantitative estimate of drug-likeness (QED) is 0.418. The summed E-state index contributed by atoms with van der Waals surface area (Å²) in [6.45, 7) is 3.20. The Morgan fingerprint density at radius 3 is 2.82 bits per heavy atom. The first-order valence-electron chi connectivity index (χ1n) is 9.74. The number of aryl methyl sites for hydroxylation is 1. The molecule has 1 aromatic carbocycles. The van der Waals surface area contributed by atoms with Crippen molar-refractivity contribution in [2.45, 2.75) is 20.0 Å². The van der Waals surface area contributed by atoms with Crippen LogP contribution in [0.1, 0.15) is 29.8 Å². The lowest BCUT2D eigenvalue weighted by Crippen LogP contribution is -2.24. The van der Waals surface area contributed by atoms with Crippen molar-refractivity contribution in [2.24, 2.45) is 0 Å². The normalized spacial score (nSPS) is 16.2. The molecule has 0 unspecified atom stereocenters. The second-order valence-corrected chi connectivity index (χ2v) is 9.05. The third-order valence-electron chi connectivity index (χ3n) is 5.37. The molecule has 2 bridgehead atoms. The van der Waals surface area contributed by atoms with Gasteiger partial charge >= 0.3 is 10.2 Å². The lowest BCUT2D eigenvalue weighted by Gasteiger charge is -2.21. The molecule has 0 spiro atoms. The Morgan fingerprint density at radius 1 is 1.27 bits per heavy atom. The third kappa shape index (κ3) is 3.05. The molecular formula is C21H16FN7O3S. The fourth-order valence-electron chi connectivity index (χ4n) is 3.82. The number of nitrogens with zero attached hydrogens (tertiary/aromatic N) is 6. The zero-order chi connectivity index (χ0) is 23.5. The summed E-state index contributed by atoms with van der Waals surface area (Å²) in [4.78, 5) is 8.33. The van der Waals surface area contributed by atoms with E-state index in [0.717, 1.165) is 8.06 Å². The van der Waals surface area contributed by atoms with Crippen LogP contribution in [0.15, 0.2) is 42.9 Å². The zero-order valence-electron chi connectivity index (χ0n) is 17.4. The summed E-state index contributed by atoms with van der Waals surface area (Å²) in [5, 5.41) is 13.9. The molecule has 3 aromatic heterocycles. The van der Waals surface area contributed by atoms with Crippen LogP contribution in [0.3, 0.4) is 0 Å². The van der Waals surface area contributed by atoms with E-state index in [4.69, 9.17) is 10.5 Å². The molecule has 2 N–H and O–H groups in total. The van der Waals surface area contributed by atoms with Crippen molar-refractivity contribution in [3.8, 4) is 34.5 Å². The largest absolute Gasteiger partial charge is 0.482 e. The van der Waals surface area contributed by atoms with Crippen LogP contribution >= 0.6 is 0 Å². The summed E-state index contributed by atoms with van der Waals surface area (Å²) in [5.41, 5.74) is 7.24. The van der Waals surface area contributed by atoms with Gasteiger partial charge in [0.2, 0.25) is 0 Å². The molecule has 0 aliphatic carbocycles. The second-order valence-electron chi connectivity index (χ2n) is 7.42. The van der Waals surface area contributed by atoms with Gasteiger partial charge in [-0.2, -0.15) is 18.8 Å². The highest BCUT2D eigenvalue weighted by Gasteiger charge is 2.31. The number of rotatable bonds is 0. The summed E-state index contributed by atoms with van der Waals surface area (Å²) in [5.74, 6) is -0.300. The van der Waals surface area contributed by atoms with Crippen molar-refractivity contribution in [3.63, 3.8) is 0 Å². The summed E-state index contributed by atoms with van der Waals surface area (Å²) in [6, 6.07) is 7.38. The molecule has 33 heavy (non-hydrogen) atoms. The number of fused-ring (bicyclic) bond motifs is 7. The maximum atomic E-state index is 14.2. The fourth-order valence-corrected chi connectivity index (χ4v) is 5.21. The first-order valence-corrected chi connectivity index (χ1v) is 11.1. The minimum atomic E-state index is -4.39. The first kappa shape index (κ1) is 20.7. The van der Waals surface area contributed by atoms with Crippen molar-refractivity contribution >= 4 is 16.0 Å². The number of pyridine rings is 1. The van der Waals surface area contributed by atoms with Crippen LogP contribution in [-0.2, 0) is 10.2 Å². The van der Waals surface area contributed by atoms with Crippen LogP contribution < -0.4 is 10.5 Å². The molecule has 4 aromatic rings. The molecule has 166 valence electrons. The Bertz CT molecular complexity index is 1580. The Kier molecular flexibility index (Phi) is 4.47. The molecule has 0 saturated carbocycles. The second kappa shape index (κ2) is 7.14. The number of nitriles is 1. The van der Waals surface area contributed by atoms with Gasteiger partial charge < -0.3 is 10.5 Å². The summed E-state index contributed by atoms with van der Waals surface area (Å²) in [7, 11) is -4.39. The summed E-state index contributed by atoms with van der Waals surface area (Å²) < 4.78 is 49.4. The molecule has 4 heterocycles. The van der Waals surface area contributed by atoms with Crippen LogP contribution in [0.25, 0.3) is 22.6 Å². The van der Waals surface area contributed by atoms with E-state index in [-0.39, 0.29) is 39.9 Å². The molecule has 1 atom stereocenters. The van der Waals surface area contributed by atoms with E-state index in [1.165, 1.54) is 49.8 Å². The van der Waals surface area contributed by atoms with Crippen molar-refractivity contribution in [2.75, 3.05) is 5.73 Å². The molecule has 1 aliphatic rings. The van der Waals surface area contributed by atoms with E-state index in [1.54, 1.807) is 6.92 Å². The Morgan fingerprint density at radius 2 is 2.06 bits per heavy atom. The molecule has 0 radical (unpaired) electrons. The van der Waals surface area contributed by atoms with Crippen LogP contribution in [-0.4, -0.2) is 31.5 Å². The fraction of sp³-hybridized carbons (Fsp3) is 0.143. The number of halogens is 1. The predicted molar refractivity (Wildman–Crippen MR) is 116 cm³/mol. The maximum absolute atomic E-state index is 14.2. The number of ether oxygens (including phenoxy) is 1. The van der Waals surface area contributed by atoms with Crippen molar-refractivity contribution in [1.82, 2.24) is 23.1 Å². The average Bonchev–Trinajstić information content (AvgIpc) is 3.40. The number of hydrogen-bond acceptors (Lipinski definition) is 8. The number of aromatic nitrogens is 5. The molecule has 1 aliphatic heterocycles. The molecular weight excluding hydrogens is 449 g/mol. The minimum absolute atomic E-state index is 0.0135. The highest BCUT2D eigenvalue weighted by molar-refractivity contribution is 7.88. The Labute approximate surface area is 187 Å². The van der Waals surface area contributed by atoms with E-state index in [9.17, 15) is 18.1 Å². The van der Waals surface area contributed by atoms with Gasteiger partial charge in [0, 0.05) is 35.3 Å². The van der Waals surface area contributed by atoms with Gasteiger partial charge in [-0.3, -0.25) is 0 Å². The average molecular weight is 465 g/mol. The van der Waals surface area contributed by atoms with Crippen LogP contribution in [0.5, 0.6) is 5.75 Å². The lowest BCUT2D eigenvalue weighted by molar-refractivity contribution is 0.227. The van der Waals surface area contributed by atoms with E-state index in [1.807, 2.05) is 6.07 Å². The number of nitrogens with two attached hydrogens (primary N) is 1. The van der Waals surface area contributed by atoms with Gasteiger partial charge in [-0.25, -0.2) is 18.3 Å². The Hall–Kier alpha value is -4.24. The molecule has 0 fully saturated rings. The van der Waals surface area contributed by atoms with E-state index < -0.39 is 22.1 Å². The lowest BCUT2D eigenvalue weighted by atomic mass is 10.0. The number of benzene rings is 1. The molecule has 0 saturated heterocycles. The van der Waals surface area contributed by atoms with Gasteiger partial charge in [0.15, 0.2) is 17.4 Å². The SMILES string of the molecule is Cc1nn2c(c1C#N)-c1cnc(N)c(c1)O[C@H](C)c1cc(F)ccc1-c1nccn1S2(=O)=O. The summed E-state index contributed by atoms with van der Waals surface area (Å²) in [6.07, 6.45) is 3.16. The number of imidazole rings is 1. The Balaban J connectivity index is 1.94. The molecule has 12 heteroatoms. The van der Waals surface area contributed by atoms with Gasteiger partial charge in [-0.05, 0) is 38.1 Å². The monoisotopic (exact) mass is 465 g/mol. The minimum Gasteiger partial charge on any atom is -0.482 e. The molecule has 10 nitrogen and oxygen atoms in total. The van der Waals surface area contributed by atoms with Crippen LogP contribution in [0.4, 0.5) is 10.2 Å². The van der Waals surface area contributed by atoms with Gasteiger partial charge in [0.25, 0.3) is 0 Å². The van der Waals surface area contributed by atoms with Gasteiger partial charge in [-0.15, -0.1) is 4.09 Å². The third-order valence-corrected chi connectivity index (χ3v) is 6.86. The first-order chi connectivity index (χ1) is 15.7.